The van der Waals surface area contributed by atoms with Crippen LogP contribution in [0.5, 0.6) is 0 Å². The first-order valence-corrected chi connectivity index (χ1v) is 6.98. The second kappa shape index (κ2) is 5.20. The molecule has 3 nitrogen and oxygen atoms in total. The van der Waals surface area contributed by atoms with Crippen molar-refractivity contribution in [3.63, 3.8) is 0 Å². The zero-order valence-electron chi connectivity index (χ0n) is 11.8. The molecule has 0 saturated carbocycles. The smallest absolute Gasteiger partial charge is 0.254 e. The van der Waals surface area contributed by atoms with Gasteiger partial charge in [0.15, 0.2) is 0 Å². The van der Waals surface area contributed by atoms with E-state index in [9.17, 15) is 9.18 Å². The van der Waals surface area contributed by atoms with E-state index in [1.54, 1.807) is 6.92 Å². The van der Waals surface area contributed by atoms with Gasteiger partial charge in [-0.05, 0) is 42.2 Å². The quantitative estimate of drug-likeness (QED) is 0.852. The number of aryl methyl sites for hydroxylation is 1. The zero-order chi connectivity index (χ0) is 15.0. The number of amides is 1. The van der Waals surface area contributed by atoms with Crippen LogP contribution < -0.4 is 11.1 Å². The zero-order valence-corrected chi connectivity index (χ0v) is 11.8. The Labute approximate surface area is 123 Å². The van der Waals surface area contributed by atoms with Crippen LogP contribution in [0.15, 0.2) is 36.4 Å². The molecule has 0 aliphatic heterocycles. The lowest BCUT2D eigenvalue weighted by molar-refractivity contribution is 0.0946. The van der Waals surface area contributed by atoms with Crippen LogP contribution in [0.3, 0.4) is 0 Å². The summed E-state index contributed by atoms with van der Waals surface area (Å²) in [6.07, 6.45) is 0.953. The Balaban J connectivity index is 1.69. The molecule has 1 aliphatic carbocycles. The monoisotopic (exact) mass is 284 g/mol. The van der Waals surface area contributed by atoms with Gasteiger partial charge in [0.05, 0.1) is 5.56 Å². The molecule has 3 rings (SSSR count). The average Bonchev–Trinajstić information content (AvgIpc) is 2.43. The van der Waals surface area contributed by atoms with Gasteiger partial charge < -0.3 is 11.1 Å². The number of fused-ring (bicyclic) bond motifs is 1. The molecule has 0 fully saturated rings. The molecule has 0 heterocycles. The molecule has 0 spiro atoms. The number of rotatable bonds is 3. The second-order valence-corrected chi connectivity index (χ2v) is 5.51. The first-order valence-electron chi connectivity index (χ1n) is 6.98. The predicted molar refractivity (Wildman–Crippen MR) is 80.8 cm³/mol. The van der Waals surface area contributed by atoms with Gasteiger partial charge in [-0.1, -0.05) is 24.3 Å². The maximum absolute atomic E-state index is 14.0. The number of carbonyl (C=O) groups is 1. The minimum Gasteiger partial charge on any atom is -0.399 e. The second-order valence-electron chi connectivity index (χ2n) is 5.51. The number of carbonyl (C=O) groups excluding carboxylic acids is 1. The Hall–Kier alpha value is -2.36. The number of hydrogen-bond donors (Lipinski definition) is 2. The van der Waals surface area contributed by atoms with Crippen molar-refractivity contribution in [2.75, 3.05) is 12.3 Å². The number of halogens is 1. The van der Waals surface area contributed by atoms with Crippen molar-refractivity contribution < 1.29 is 9.18 Å². The molecule has 4 heteroatoms. The minimum atomic E-state index is -0.504. The Morgan fingerprint density at radius 2 is 2.14 bits per heavy atom. The summed E-state index contributed by atoms with van der Waals surface area (Å²) in [6, 6.07) is 11.1. The van der Waals surface area contributed by atoms with Gasteiger partial charge in [0.25, 0.3) is 5.91 Å². The molecular formula is C17H17FN2O. The van der Waals surface area contributed by atoms with E-state index in [1.807, 2.05) is 12.1 Å². The predicted octanol–water partition coefficient (Wildman–Crippen LogP) is 2.79. The first kappa shape index (κ1) is 13.6. The van der Waals surface area contributed by atoms with Crippen molar-refractivity contribution >= 4 is 11.6 Å². The van der Waals surface area contributed by atoms with Gasteiger partial charge in [0.2, 0.25) is 0 Å². The molecule has 2 aromatic carbocycles. The lowest BCUT2D eigenvalue weighted by atomic mass is 9.77. The van der Waals surface area contributed by atoms with Crippen LogP contribution in [0.4, 0.5) is 10.1 Å². The van der Waals surface area contributed by atoms with Crippen molar-refractivity contribution in [3.8, 4) is 0 Å². The summed E-state index contributed by atoms with van der Waals surface area (Å²) in [5.41, 5.74) is 9.06. The summed E-state index contributed by atoms with van der Waals surface area (Å²) in [7, 11) is 0. The minimum absolute atomic E-state index is 0.0140. The van der Waals surface area contributed by atoms with Crippen LogP contribution in [-0.2, 0) is 6.42 Å². The maximum Gasteiger partial charge on any atom is 0.254 e. The van der Waals surface area contributed by atoms with Gasteiger partial charge in [-0.3, -0.25) is 4.79 Å². The van der Waals surface area contributed by atoms with E-state index < -0.39 is 11.7 Å². The van der Waals surface area contributed by atoms with Crippen molar-refractivity contribution in [2.45, 2.75) is 19.3 Å². The summed E-state index contributed by atoms with van der Waals surface area (Å²) in [6.45, 7) is 2.12. The van der Waals surface area contributed by atoms with Crippen LogP contribution in [0.1, 0.15) is 33.0 Å². The number of nitrogen functional groups attached to an aromatic ring is 1. The van der Waals surface area contributed by atoms with E-state index in [1.165, 1.54) is 23.3 Å². The third kappa shape index (κ3) is 2.49. The van der Waals surface area contributed by atoms with E-state index in [4.69, 9.17) is 5.73 Å². The summed E-state index contributed by atoms with van der Waals surface area (Å²) >= 11 is 0. The molecule has 0 bridgehead atoms. The number of nitrogens with two attached hydrogens (primary N) is 1. The Bertz CT molecular complexity index is 712. The summed E-state index contributed by atoms with van der Waals surface area (Å²) in [5, 5.41) is 2.80. The summed E-state index contributed by atoms with van der Waals surface area (Å²) in [4.78, 5) is 12.1. The van der Waals surface area contributed by atoms with Crippen LogP contribution in [0.2, 0.25) is 0 Å². The van der Waals surface area contributed by atoms with Crippen LogP contribution in [-0.4, -0.2) is 12.5 Å². The number of benzene rings is 2. The van der Waals surface area contributed by atoms with Gasteiger partial charge in [-0.15, -0.1) is 0 Å². The van der Waals surface area contributed by atoms with Crippen molar-refractivity contribution in [1.82, 2.24) is 5.32 Å². The molecule has 1 amide bonds. The molecule has 21 heavy (non-hydrogen) atoms. The van der Waals surface area contributed by atoms with Gasteiger partial charge in [0, 0.05) is 18.2 Å². The fourth-order valence-corrected chi connectivity index (χ4v) is 2.82. The standard InChI is InChI=1S/C17H17FN2O/c1-10-6-13(19)8-15(16(10)18)17(21)20-9-12-7-11-4-2-3-5-14(11)12/h2-6,8,12H,7,9,19H2,1H3,(H,20,21). The molecule has 2 aromatic rings. The molecule has 108 valence electrons. The van der Waals surface area contributed by atoms with Crippen LogP contribution >= 0.6 is 0 Å². The van der Waals surface area contributed by atoms with Crippen LogP contribution in [0, 0.1) is 12.7 Å². The molecule has 1 aliphatic rings. The topological polar surface area (TPSA) is 55.1 Å². The Morgan fingerprint density at radius 3 is 2.90 bits per heavy atom. The number of hydrogen-bond acceptors (Lipinski definition) is 2. The van der Waals surface area contributed by atoms with E-state index in [2.05, 4.69) is 17.4 Å². The fraction of sp³-hybridized carbons (Fsp3) is 0.235. The van der Waals surface area contributed by atoms with Crippen LogP contribution in [0.25, 0.3) is 0 Å². The lowest BCUT2D eigenvalue weighted by Crippen LogP contribution is -2.33. The van der Waals surface area contributed by atoms with Crippen molar-refractivity contribution in [2.24, 2.45) is 0 Å². The molecule has 1 atom stereocenters. The van der Waals surface area contributed by atoms with Gasteiger partial charge in [-0.25, -0.2) is 4.39 Å². The number of nitrogens with one attached hydrogen (secondary N) is 1. The molecule has 0 radical (unpaired) electrons. The fourth-order valence-electron chi connectivity index (χ4n) is 2.82. The van der Waals surface area contributed by atoms with Crippen molar-refractivity contribution in [1.29, 1.82) is 0 Å². The van der Waals surface area contributed by atoms with Gasteiger partial charge in [-0.2, -0.15) is 0 Å². The van der Waals surface area contributed by atoms with E-state index >= 15 is 0 Å². The molecular weight excluding hydrogens is 267 g/mol. The van der Waals surface area contributed by atoms with Gasteiger partial charge >= 0.3 is 0 Å². The largest absolute Gasteiger partial charge is 0.399 e. The van der Waals surface area contributed by atoms with Gasteiger partial charge in [0.1, 0.15) is 5.82 Å². The third-order valence-electron chi connectivity index (χ3n) is 3.99. The van der Waals surface area contributed by atoms with E-state index in [0.717, 1.165) is 6.42 Å². The highest BCUT2D eigenvalue weighted by Gasteiger charge is 2.26. The normalized spacial score (nSPS) is 16.0. The SMILES string of the molecule is Cc1cc(N)cc(C(=O)NCC2Cc3ccccc32)c1F. The molecule has 1 unspecified atom stereocenters. The average molecular weight is 284 g/mol. The Morgan fingerprint density at radius 1 is 1.38 bits per heavy atom. The molecule has 3 N–H and O–H groups in total. The summed E-state index contributed by atoms with van der Waals surface area (Å²) < 4.78 is 14.0. The Kier molecular flexibility index (Phi) is 3.37. The molecule has 0 aromatic heterocycles. The van der Waals surface area contributed by atoms with E-state index in [0.29, 0.717) is 23.7 Å². The number of anilines is 1. The highest BCUT2D eigenvalue weighted by Crippen LogP contribution is 2.34. The highest BCUT2D eigenvalue weighted by molar-refractivity contribution is 5.95. The first-order chi connectivity index (χ1) is 10.1. The maximum atomic E-state index is 14.0. The summed E-state index contributed by atoms with van der Waals surface area (Å²) in [5.74, 6) is -0.599. The third-order valence-corrected chi connectivity index (χ3v) is 3.99. The molecule has 0 saturated heterocycles. The lowest BCUT2D eigenvalue weighted by Gasteiger charge is -2.30. The highest BCUT2D eigenvalue weighted by atomic mass is 19.1. The van der Waals surface area contributed by atoms with E-state index in [-0.39, 0.29) is 5.56 Å². The van der Waals surface area contributed by atoms with Crippen molar-refractivity contribution in [3.05, 3.63) is 64.5 Å².